The average molecular weight is 232 g/mol. The zero-order valence-electron chi connectivity index (χ0n) is 11.0. The number of anilines is 1. The molecular weight excluding hydrogens is 208 g/mol. The van der Waals surface area contributed by atoms with Gasteiger partial charge < -0.3 is 10.6 Å². The number of nitrogens with zero attached hydrogens (tertiary/aromatic N) is 1. The van der Waals surface area contributed by atoms with E-state index in [1.165, 1.54) is 30.5 Å². The van der Waals surface area contributed by atoms with Crippen molar-refractivity contribution in [2.75, 3.05) is 18.0 Å². The van der Waals surface area contributed by atoms with Crippen molar-refractivity contribution in [1.29, 1.82) is 0 Å². The first-order chi connectivity index (χ1) is 8.22. The van der Waals surface area contributed by atoms with Crippen molar-refractivity contribution in [2.24, 2.45) is 11.7 Å². The molecule has 2 N–H and O–H groups in total. The van der Waals surface area contributed by atoms with Crippen molar-refractivity contribution in [1.82, 2.24) is 0 Å². The third-order valence-electron chi connectivity index (χ3n) is 4.01. The van der Waals surface area contributed by atoms with Crippen molar-refractivity contribution >= 4 is 5.69 Å². The van der Waals surface area contributed by atoms with Gasteiger partial charge in [-0.15, -0.1) is 0 Å². The van der Waals surface area contributed by atoms with Gasteiger partial charge in [0.05, 0.1) is 0 Å². The van der Waals surface area contributed by atoms with Crippen LogP contribution in [0.2, 0.25) is 0 Å². The third-order valence-corrected chi connectivity index (χ3v) is 4.01. The van der Waals surface area contributed by atoms with Crippen molar-refractivity contribution < 1.29 is 0 Å². The fourth-order valence-electron chi connectivity index (χ4n) is 2.89. The first-order valence-corrected chi connectivity index (χ1v) is 6.78. The first kappa shape index (κ1) is 12.4. The van der Waals surface area contributed by atoms with Crippen molar-refractivity contribution in [3.63, 3.8) is 0 Å². The molecule has 0 radical (unpaired) electrons. The van der Waals surface area contributed by atoms with Gasteiger partial charge in [-0.1, -0.05) is 24.6 Å². The summed E-state index contributed by atoms with van der Waals surface area (Å²) in [5.74, 6) is 0.676. The molecule has 1 saturated carbocycles. The highest BCUT2D eigenvalue weighted by Crippen LogP contribution is 2.27. The van der Waals surface area contributed by atoms with Crippen molar-refractivity contribution in [3.8, 4) is 0 Å². The Morgan fingerprint density at radius 2 is 2.06 bits per heavy atom. The van der Waals surface area contributed by atoms with Crippen LogP contribution in [0.15, 0.2) is 24.3 Å². The predicted molar refractivity (Wildman–Crippen MR) is 74.4 cm³/mol. The minimum atomic E-state index is 0.410. The summed E-state index contributed by atoms with van der Waals surface area (Å²) in [6, 6.07) is 9.05. The number of benzene rings is 1. The number of hydrogen-bond acceptors (Lipinski definition) is 2. The third kappa shape index (κ3) is 2.81. The maximum Gasteiger partial charge on any atom is 0.0395 e. The van der Waals surface area contributed by atoms with Crippen LogP contribution in [0.1, 0.15) is 31.7 Å². The lowest BCUT2D eigenvalue weighted by Crippen LogP contribution is -2.36. The van der Waals surface area contributed by atoms with E-state index in [1.807, 2.05) is 0 Å². The molecule has 0 spiro atoms. The van der Waals surface area contributed by atoms with E-state index in [0.717, 1.165) is 13.1 Å². The molecule has 1 aromatic rings. The maximum absolute atomic E-state index is 6.17. The van der Waals surface area contributed by atoms with Crippen LogP contribution < -0.4 is 10.6 Å². The SMILES string of the molecule is CCN(CC1CCCC1N)c1ccccc1C. The Morgan fingerprint density at radius 3 is 2.65 bits per heavy atom. The molecule has 0 saturated heterocycles. The molecule has 2 rings (SSSR count). The highest BCUT2D eigenvalue weighted by atomic mass is 15.1. The number of rotatable bonds is 4. The zero-order chi connectivity index (χ0) is 12.3. The lowest BCUT2D eigenvalue weighted by Gasteiger charge is -2.29. The molecule has 1 aliphatic rings. The second-order valence-corrected chi connectivity index (χ2v) is 5.18. The summed E-state index contributed by atoms with van der Waals surface area (Å²) in [5, 5.41) is 0. The Bertz CT molecular complexity index is 362. The topological polar surface area (TPSA) is 29.3 Å². The van der Waals surface area contributed by atoms with Gasteiger partial charge in [-0.3, -0.25) is 0 Å². The molecule has 2 heteroatoms. The Balaban J connectivity index is 2.09. The lowest BCUT2D eigenvalue weighted by molar-refractivity contribution is 0.475. The summed E-state index contributed by atoms with van der Waals surface area (Å²) in [6.07, 6.45) is 3.80. The Kier molecular flexibility index (Phi) is 4.06. The molecule has 2 nitrogen and oxygen atoms in total. The Hall–Kier alpha value is -1.02. The molecule has 0 aromatic heterocycles. The van der Waals surface area contributed by atoms with Crippen LogP contribution in [0.25, 0.3) is 0 Å². The molecule has 94 valence electrons. The number of nitrogens with two attached hydrogens (primary N) is 1. The summed E-state index contributed by atoms with van der Waals surface area (Å²) in [6.45, 7) is 6.59. The highest BCUT2D eigenvalue weighted by Gasteiger charge is 2.25. The second-order valence-electron chi connectivity index (χ2n) is 5.18. The quantitative estimate of drug-likeness (QED) is 0.865. The van der Waals surface area contributed by atoms with E-state index in [1.54, 1.807) is 0 Å². The van der Waals surface area contributed by atoms with Crippen molar-refractivity contribution in [3.05, 3.63) is 29.8 Å². The monoisotopic (exact) mass is 232 g/mol. The standard InChI is InChI=1S/C15H24N2/c1-3-17(11-13-8-6-9-14(13)16)15-10-5-4-7-12(15)2/h4-5,7,10,13-14H,3,6,8-9,11,16H2,1-2H3. The van der Waals surface area contributed by atoms with Crippen LogP contribution in [-0.4, -0.2) is 19.1 Å². The highest BCUT2D eigenvalue weighted by molar-refractivity contribution is 5.52. The molecule has 1 fully saturated rings. The van der Waals surface area contributed by atoms with Gasteiger partial charge in [0, 0.05) is 24.8 Å². The van der Waals surface area contributed by atoms with Gasteiger partial charge in [0.25, 0.3) is 0 Å². The van der Waals surface area contributed by atoms with Crippen LogP contribution >= 0.6 is 0 Å². The van der Waals surface area contributed by atoms with E-state index in [9.17, 15) is 0 Å². The molecule has 0 aliphatic heterocycles. The van der Waals surface area contributed by atoms with E-state index in [0.29, 0.717) is 12.0 Å². The summed E-state index contributed by atoms with van der Waals surface area (Å²) in [7, 11) is 0. The predicted octanol–water partition coefficient (Wildman–Crippen LogP) is 2.95. The molecule has 2 unspecified atom stereocenters. The molecule has 2 atom stereocenters. The minimum absolute atomic E-state index is 0.410. The van der Waals surface area contributed by atoms with Gasteiger partial charge in [-0.05, 0) is 44.2 Å². The van der Waals surface area contributed by atoms with Crippen LogP contribution in [0.3, 0.4) is 0 Å². The van der Waals surface area contributed by atoms with E-state index in [4.69, 9.17) is 5.73 Å². The Labute approximate surface area is 105 Å². The Morgan fingerprint density at radius 1 is 1.29 bits per heavy atom. The molecule has 1 aromatic carbocycles. The molecule has 1 aliphatic carbocycles. The molecule has 0 amide bonds. The second kappa shape index (κ2) is 5.54. The van der Waals surface area contributed by atoms with Gasteiger partial charge in [0.2, 0.25) is 0 Å². The number of hydrogen-bond donors (Lipinski definition) is 1. The van der Waals surface area contributed by atoms with E-state index in [-0.39, 0.29) is 0 Å². The average Bonchev–Trinajstić information content (AvgIpc) is 2.73. The fraction of sp³-hybridized carbons (Fsp3) is 0.600. The summed E-state index contributed by atoms with van der Waals surface area (Å²) in [4.78, 5) is 2.48. The van der Waals surface area contributed by atoms with Crippen LogP contribution in [0.5, 0.6) is 0 Å². The lowest BCUT2D eigenvalue weighted by atomic mass is 10.0. The van der Waals surface area contributed by atoms with Crippen molar-refractivity contribution in [2.45, 2.75) is 39.2 Å². The fourth-order valence-corrected chi connectivity index (χ4v) is 2.89. The summed E-state index contributed by atoms with van der Waals surface area (Å²) < 4.78 is 0. The van der Waals surface area contributed by atoms with Gasteiger partial charge in [-0.25, -0.2) is 0 Å². The van der Waals surface area contributed by atoms with Crippen LogP contribution in [0.4, 0.5) is 5.69 Å². The molecule has 0 bridgehead atoms. The summed E-state index contributed by atoms with van der Waals surface area (Å²) in [5.41, 5.74) is 8.90. The largest absolute Gasteiger partial charge is 0.371 e. The van der Waals surface area contributed by atoms with Crippen LogP contribution in [-0.2, 0) is 0 Å². The number of aryl methyl sites for hydroxylation is 1. The minimum Gasteiger partial charge on any atom is -0.371 e. The first-order valence-electron chi connectivity index (χ1n) is 6.78. The summed E-state index contributed by atoms with van der Waals surface area (Å²) >= 11 is 0. The molecular formula is C15H24N2. The van der Waals surface area contributed by atoms with E-state index in [2.05, 4.69) is 43.0 Å². The van der Waals surface area contributed by atoms with Gasteiger partial charge in [-0.2, -0.15) is 0 Å². The number of para-hydroxylation sites is 1. The normalized spacial score (nSPS) is 23.9. The molecule has 17 heavy (non-hydrogen) atoms. The maximum atomic E-state index is 6.17. The smallest absolute Gasteiger partial charge is 0.0395 e. The van der Waals surface area contributed by atoms with Gasteiger partial charge in [0.15, 0.2) is 0 Å². The molecule has 0 heterocycles. The van der Waals surface area contributed by atoms with E-state index >= 15 is 0 Å². The van der Waals surface area contributed by atoms with Gasteiger partial charge in [0.1, 0.15) is 0 Å². The van der Waals surface area contributed by atoms with Crippen LogP contribution in [0, 0.1) is 12.8 Å². The zero-order valence-corrected chi connectivity index (χ0v) is 11.0. The van der Waals surface area contributed by atoms with Gasteiger partial charge >= 0.3 is 0 Å². The van der Waals surface area contributed by atoms with E-state index < -0.39 is 0 Å².